The van der Waals surface area contributed by atoms with Crippen molar-refractivity contribution in [3.05, 3.63) is 0 Å². The van der Waals surface area contributed by atoms with Crippen molar-refractivity contribution in [2.45, 2.75) is 51.2 Å². The van der Waals surface area contributed by atoms with Gasteiger partial charge in [0.15, 0.2) is 0 Å². The van der Waals surface area contributed by atoms with Gasteiger partial charge in [0, 0.05) is 0 Å². The molecule has 1 aliphatic rings. The molecule has 0 aliphatic heterocycles. The molecule has 1 rings (SSSR count). The van der Waals surface area contributed by atoms with Crippen LogP contribution in [0.4, 0.5) is 13.2 Å². The van der Waals surface area contributed by atoms with E-state index in [4.69, 9.17) is 5.73 Å². The first-order chi connectivity index (χ1) is 6.26. The van der Waals surface area contributed by atoms with Crippen LogP contribution in [0.15, 0.2) is 0 Å². The lowest BCUT2D eigenvalue weighted by Gasteiger charge is -2.40. The van der Waals surface area contributed by atoms with E-state index in [1.165, 1.54) is 0 Å². The van der Waals surface area contributed by atoms with E-state index in [1.807, 2.05) is 13.8 Å². The fourth-order valence-corrected chi connectivity index (χ4v) is 2.18. The lowest BCUT2D eigenvalue weighted by molar-refractivity contribution is -0.199. The van der Waals surface area contributed by atoms with Gasteiger partial charge in [0.25, 0.3) is 0 Å². The van der Waals surface area contributed by atoms with E-state index in [-0.39, 0.29) is 18.8 Å². The van der Waals surface area contributed by atoms with Crippen LogP contribution in [-0.2, 0) is 0 Å². The highest BCUT2D eigenvalue weighted by Crippen LogP contribution is 2.43. The predicted octanol–water partition coefficient (Wildman–Crippen LogP) is 3.09. The molecule has 1 saturated carbocycles. The molecular formula is C10H18F3N. The SMILES string of the molecule is CC(C)C1CCCC(N)(C(F)(F)F)C1. The van der Waals surface area contributed by atoms with Crippen LogP contribution in [0.25, 0.3) is 0 Å². The molecule has 0 saturated heterocycles. The fraction of sp³-hybridized carbons (Fsp3) is 1.00. The highest BCUT2D eigenvalue weighted by Gasteiger charge is 2.53. The molecule has 14 heavy (non-hydrogen) atoms. The van der Waals surface area contributed by atoms with Gasteiger partial charge in [-0.05, 0) is 24.7 Å². The molecule has 0 aromatic heterocycles. The molecule has 0 spiro atoms. The Morgan fingerprint density at radius 1 is 1.36 bits per heavy atom. The van der Waals surface area contributed by atoms with Gasteiger partial charge in [-0.2, -0.15) is 13.2 Å². The van der Waals surface area contributed by atoms with Gasteiger partial charge in [0.2, 0.25) is 0 Å². The summed E-state index contributed by atoms with van der Waals surface area (Å²) in [6.07, 6.45) is -2.60. The van der Waals surface area contributed by atoms with E-state index in [0.29, 0.717) is 12.3 Å². The summed E-state index contributed by atoms with van der Waals surface area (Å²) < 4.78 is 37.9. The Morgan fingerprint density at radius 3 is 2.36 bits per heavy atom. The Labute approximate surface area is 82.9 Å². The number of halogens is 3. The van der Waals surface area contributed by atoms with Crippen LogP contribution in [0.3, 0.4) is 0 Å². The minimum absolute atomic E-state index is 0.0831. The molecule has 1 nitrogen and oxygen atoms in total. The topological polar surface area (TPSA) is 26.0 Å². The van der Waals surface area contributed by atoms with Crippen molar-refractivity contribution in [1.29, 1.82) is 0 Å². The molecule has 0 aromatic rings. The zero-order valence-corrected chi connectivity index (χ0v) is 8.69. The second-order valence-corrected chi connectivity index (χ2v) is 4.75. The van der Waals surface area contributed by atoms with E-state index < -0.39 is 11.7 Å². The standard InChI is InChI=1S/C10H18F3N/c1-7(2)8-4-3-5-9(14,6-8)10(11,12)13/h7-8H,3-6,14H2,1-2H3. The van der Waals surface area contributed by atoms with Crippen molar-refractivity contribution in [3.8, 4) is 0 Å². The van der Waals surface area contributed by atoms with Gasteiger partial charge < -0.3 is 5.73 Å². The van der Waals surface area contributed by atoms with Crippen molar-refractivity contribution < 1.29 is 13.2 Å². The number of rotatable bonds is 1. The molecule has 2 unspecified atom stereocenters. The van der Waals surface area contributed by atoms with Gasteiger partial charge in [-0.1, -0.05) is 26.7 Å². The summed E-state index contributed by atoms with van der Waals surface area (Å²) in [5.74, 6) is 0.413. The number of hydrogen-bond donors (Lipinski definition) is 1. The molecule has 1 aliphatic carbocycles. The summed E-state index contributed by atoms with van der Waals surface area (Å²) in [7, 11) is 0. The Morgan fingerprint density at radius 2 is 1.93 bits per heavy atom. The first kappa shape index (κ1) is 11.8. The highest BCUT2D eigenvalue weighted by molar-refractivity contribution is 4.97. The van der Waals surface area contributed by atoms with Gasteiger partial charge in [0.1, 0.15) is 5.54 Å². The molecule has 4 heteroatoms. The molecule has 0 heterocycles. The van der Waals surface area contributed by atoms with Crippen LogP contribution >= 0.6 is 0 Å². The third kappa shape index (κ3) is 2.22. The summed E-state index contributed by atoms with van der Waals surface area (Å²) in [6.45, 7) is 3.93. The van der Waals surface area contributed by atoms with E-state index >= 15 is 0 Å². The Balaban J connectivity index is 2.72. The lowest BCUT2D eigenvalue weighted by Crippen LogP contribution is -2.56. The quantitative estimate of drug-likeness (QED) is 0.705. The summed E-state index contributed by atoms with van der Waals surface area (Å²) in [4.78, 5) is 0. The van der Waals surface area contributed by atoms with Crippen LogP contribution in [0.5, 0.6) is 0 Å². The first-order valence-electron chi connectivity index (χ1n) is 5.12. The summed E-state index contributed by atoms with van der Waals surface area (Å²) in [6, 6.07) is 0. The monoisotopic (exact) mass is 209 g/mol. The molecule has 2 N–H and O–H groups in total. The third-order valence-corrected chi connectivity index (χ3v) is 3.33. The Kier molecular flexibility index (Phi) is 3.14. The number of nitrogens with two attached hydrogens (primary N) is 1. The Bertz CT molecular complexity index is 200. The van der Waals surface area contributed by atoms with E-state index in [0.717, 1.165) is 6.42 Å². The van der Waals surface area contributed by atoms with Crippen molar-refractivity contribution in [2.24, 2.45) is 17.6 Å². The van der Waals surface area contributed by atoms with Crippen LogP contribution in [0.1, 0.15) is 39.5 Å². The van der Waals surface area contributed by atoms with Crippen LogP contribution in [0.2, 0.25) is 0 Å². The molecule has 0 bridgehead atoms. The van der Waals surface area contributed by atoms with E-state index in [9.17, 15) is 13.2 Å². The predicted molar refractivity (Wildman–Crippen MR) is 49.8 cm³/mol. The van der Waals surface area contributed by atoms with Crippen molar-refractivity contribution >= 4 is 0 Å². The van der Waals surface area contributed by atoms with Gasteiger partial charge >= 0.3 is 6.18 Å². The number of alkyl halides is 3. The van der Waals surface area contributed by atoms with Gasteiger partial charge in [-0.3, -0.25) is 0 Å². The number of hydrogen-bond acceptors (Lipinski definition) is 1. The molecule has 1 fully saturated rings. The average molecular weight is 209 g/mol. The van der Waals surface area contributed by atoms with Crippen LogP contribution in [-0.4, -0.2) is 11.7 Å². The summed E-state index contributed by atoms with van der Waals surface area (Å²) in [5, 5.41) is 0. The Hall–Kier alpha value is -0.250. The maximum atomic E-state index is 12.6. The smallest absolute Gasteiger partial charge is 0.318 e. The molecule has 2 atom stereocenters. The maximum Gasteiger partial charge on any atom is 0.406 e. The van der Waals surface area contributed by atoms with Crippen molar-refractivity contribution in [2.75, 3.05) is 0 Å². The third-order valence-electron chi connectivity index (χ3n) is 3.33. The van der Waals surface area contributed by atoms with E-state index in [1.54, 1.807) is 0 Å². The van der Waals surface area contributed by atoms with Crippen molar-refractivity contribution in [1.82, 2.24) is 0 Å². The zero-order chi connectivity index (χ0) is 11.0. The van der Waals surface area contributed by atoms with Gasteiger partial charge in [-0.25, -0.2) is 0 Å². The molecule has 0 aromatic carbocycles. The highest BCUT2D eigenvalue weighted by atomic mass is 19.4. The van der Waals surface area contributed by atoms with E-state index in [2.05, 4.69) is 0 Å². The second-order valence-electron chi connectivity index (χ2n) is 4.75. The average Bonchev–Trinajstić information content (AvgIpc) is 2.02. The molecular weight excluding hydrogens is 191 g/mol. The second kappa shape index (κ2) is 3.72. The molecule has 0 amide bonds. The summed E-state index contributed by atoms with van der Waals surface area (Å²) in [5.41, 5.74) is 3.51. The normalized spacial score (nSPS) is 34.9. The minimum Gasteiger partial charge on any atom is -0.318 e. The summed E-state index contributed by atoms with van der Waals surface area (Å²) >= 11 is 0. The molecule has 0 radical (unpaired) electrons. The zero-order valence-electron chi connectivity index (χ0n) is 8.69. The first-order valence-corrected chi connectivity index (χ1v) is 5.12. The van der Waals surface area contributed by atoms with Gasteiger partial charge in [-0.15, -0.1) is 0 Å². The van der Waals surface area contributed by atoms with Crippen molar-refractivity contribution in [3.63, 3.8) is 0 Å². The minimum atomic E-state index is -4.25. The lowest BCUT2D eigenvalue weighted by atomic mass is 9.72. The maximum absolute atomic E-state index is 12.6. The van der Waals surface area contributed by atoms with Gasteiger partial charge in [0.05, 0.1) is 0 Å². The van der Waals surface area contributed by atoms with Crippen LogP contribution in [0, 0.1) is 11.8 Å². The molecule has 84 valence electrons. The fourth-order valence-electron chi connectivity index (χ4n) is 2.18. The largest absolute Gasteiger partial charge is 0.406 e. The van der Waals surface area contributed by atoms with Crippen LogP contribution < -0.4 is 5.73 Å².